The maximum Gasteiger partial charge on any atom is 0.0766 e. The van der Waals surface area contributed by atoms with Gasteiger partial charge in [0.05, 0.1) is 12.2 Å². The van der Waals surface area contributed by atoms with E-state index in [1.807, 2.05) is 0 Å². The van der Waals surface area contributed by atoms with Gasteiger partial charge in [-0.2, -0.15) is 0 Å². The number of fused-ring (bicyclic) bond motifs is 4. The van der Waals surface area contributed by atoms with E-state index in [4.69, 9.17) is 4.74 Å². The molecule has 2 aliphatic heterocycles. The molecule has 0 saturated carbocycles. The predicted octanol–water partition coefficient (Wildman–Crippen LogP) is 5.33. The van der Waals surface area contributed by atoms with Gasteiger partial charge >= 0.3 is 0 Å². The van der Waals surface area contributed by atoms with Gasteiger partial charge in [0, 0.05) is 0 Å². The Labute approximate surface area is 130 Å². The molecule has 2 unspecified atom stereocenters. The van der Waals surface area contributed by atoms with Crippen LogP contribution in [0.4, 0.5) is 0 Å². The average Bonchev–Trinajstić information content (AvgIpc) is 2.90. The fraction of sp³-hybridized carbons (Fsp3) is 0.238. The minimum Gasteiger partial charge on any atom is -0.371 e. The van der Waals surface area contributed by atoms with Crippen LogP contribution in [0, 0.1) is 0 Å². The van der Waals surface area contributed by atoms with E-state index in [1.54, 1.807) is 0 Å². The highest BCUT2D eigenvalue weighted by atomic mass is 16.5. The van der Waals surface area contributed by atoms with E-state index in [0.29, 0.717) is 12.2 Å². The summed E-state index contributed by atoms with van der Waals surface area (Å²) in [5.41, 5.74) is 2.90. The third kappa shape index (κ3) is 1.82. The summed E-state index contributed by atoms with van der Waals surface area (Å²) >= 11 is 0. The molecule has 3 aromatic rings. The normalized spacial score (nSPS) is 23.9. The summed E-state index contributed by atoms with van der Waals surface area (Å²) < 4.78 is 6.00. The van der Waals surface area contributed by atoms with Crippen LogP contribution < -0.4 is 0 Å². The van der Waals surface area contributed by atoms with Gasteiger partial charge in [-0.3, -0.25) is 0 Å². The van der Waals surface area contributed by atoms with E-state index in [0.717, 1.165) is 6.42 Å². The molecule has 1 saturated heterocycles. The van der Waals surface area contributed by atoms with E-state index >= 15 is 0 Å². The smallest absolute Gasteiger partial charge is 0.0766 e. The van der Waals surface area contributed by atoms with Crippen molar-refractivity contribution >= 4 is 27.1 Å². The first-order chi connectivity index (χ1) is 10.9. The highest BCUT2D eigenvalue weighted by Gasteiger charge is 2.30. The Morgan fingerprint density at radius 3 is 2.18 bits per heavy atom. The number of benzene rings is 3. The molecule has 1 heteroatoms. The largest absolute Gasteiger partial charge is 0.371 e. The molecule has 2 aliphatic rings. The lowest BCUT2D eigenvalue weighted by Crippen LogP contribution is -2.15. The van der Waals surface area contributed by atoms with Gasteiger partial charge in [-0.25, -0.2) is 0 Å². The maximum absolute atomic E-state index is 6.00. The van der Waals surface area contributed by atoms with Gasteiger partial charge in [-0.05, 0) is 58.0 Å². The molecule has 2 heterocycles. The minimum atomic E-state index is 0.325. The van der Waals surface area contributed by atoms with Gasteiger partial charge in [0.25, 0.3) is 0 Å². The molecule has 0 radical (unpaired) electrons. The average molecular weight is 286 g/mol. The second kappa shape index (κ2) is 4.69. The number of hydrogen-bond donors (Lipinski definition) is 0. The molecular formula is C21H18O. The highest BCUT2D eigenvalue weighted by molar-refractivity contribution is 6.09. The lowest BCUT2D eigenvalue weighted by Gasteiger charge is -2.23. The third-order valence-corrected chi connectivity index (χ3v) is 5.07. The van der Waals surface area contributed by atoms with Crippen LogP contribution in [0.25, 0.3) is 27.1 Å². The van der Waals surface area contributed by atoms with Crippen molar-refractivity contribution in [1.29, 1.82) is 0 Å². The molecule has 5 rings (SSSR count). The van der Waals surface area contributed by atoms with E-state index in [2.05, 4.69) is 60.7 Å². The quantitative estimate of drug-likeness (QED) is 0.549. The second-order valence-corrected chi connectivity index (χ2v) is 6.46. The van der Waals surface area contributed by atoms with Gasteiger partial charge in [0.15, 0.2) is 0 Å². The predicted molar refractivity (Wildman–Crippen MR) is 91.9 cm³/mol. The van der Waals surface area contributed by atoms with Crippen LogP contribution in [-0.2, 0) is 4.74 Å². The van der Waals surface area contributed by atoms with Crippen molar-refractivity contribution in [2.75, 3.05) is 0 Å². The van der Waals surface area contributed by atoms with Crippen molar-refractivity contribution in [1.82, 2.24) is 0 Å². The summed E-state index contributed by atoms with van der Waals surface area (Å²) in [4.78, 5) is 0. The molecule has 1 nitrogen and oxygen atoms in total. The lowest BCUT2D eigenvalue weighted by atomic mass is 9.89. The van der Waals surface area contributed by atoms with Crippen molar-refractivity contribution < 1.29 is 4.74 Å². The third-order valence-electron chi connectivity index (χ3n) is 5.07. The first-order valence-corrected chi connectivity index (χ1v) is 8.15. The maximum atomic E-state index is 6.00. The fourth-order valence-electron chi connectivity index (χ4n) is 4.09. The molecule has 22 heavy (non-hydrogen) atoms. The standard InChI is InChI=1S/C21H18O/c1-3-7-19-14(5-1)11-15-6-2-4-8-20(15)21(19)16-12-17-9-10-18(13-16)22-17/h1-8,11-12,17-18H,9-10,13H2. The first kappa shape index (κ1) is 12.4. The molecule has 0 aliphatic carbocycles. The van der Waals surface area contributed by atoms with E-state index in [9.17, 15) is 0 Å². The highest BCUT2D eigenvalue weighted by Crippen LogP contribution is 2.41. The van der Waals surface area contributed by atoms with Crippen LogP contribution in [0.3, 0.4) is 0 Å². The van der Waals surface area contributed by atoms with Crippen molar-refractivity contribution in [2.24, 2.45) is 0 Å². The first-order valence-electron chi connectivity index (χ1n) is 8.15. The second-order valence-electron chi connectivity index (χ2n) is 6.46. The van der Waals surface area contributed by atoms with E-state index in [-0.39, 0.29) is 0 Å². The fourth-order valence-corrected chi connectivity index (χ4v) is 4.09. The monoisotopic (exact) mass is 286 g/mol. The number of ether oxygens (including phenoxy) is 1. The zero-order valence-corrected chi connectivity index (χ0v) is 12.5. The van der Waals surface area contributed by atoms with Crippen LogP contribution in [0.1, 0.15) is 24.8 Å². The van der Waals surface area contributed by atoms with Crippen LogP contribution in [-0.4, -0.2) is 12.2 Å². The van der Waals surface area contributed by atoms with Crippen molar-refractivity contribution in [3.05, 3.63) is 66.2 Å². The molecule has 0 aromatic heterocycles. The summed E-state index contributed by atoms with van der Waals surface area (Å²) in [5.74, 6) is 0. The molecule has 0 spiro atoms. The van der Waals surface area contributed by atoms with E-state index in [1.165, 1.54) is 45.5 Å². The molecule has 108 valence electrons. The van der Waals surface area contributed by atoms with Crippen molar-refractivity contribution in [3.63, 3.8) is 0 Å². The Balaban J connectivity index is 1.86. The van der Waals surface area contributed by atoms with Gasteiger partial charge in [0.2, 0.25) is 0 Å². The summed E-state index contributed by atoms with van der Waals surface area (Å²) in [6, 6.07) is 19.8. The molecular weight excluding hydrogens is 268 g/mol. The minimum absolute atomic E-state index is 0.325. The van der Waals surface area contributed by atoms with Gasteiger partial charge in [0.1, 0.15) is 0 Å². The topological polar surface area (TPSA) is 9.23 Å². The SMILES string of the molecule is C1=C(c2c3ccccc3cc3ccccc23)CC2CCC1O2. The molecule has 2 atom stereocenters. The van der Waals surface area contributed by atoms with Gasteiger partial charge < -0.3 is 4.74 Å². The summed E-state index contributed by atoms with van der Waals surface area (Å²) in [6.45, 7) is 0. The molecule has 1 fully saturated rings. The van der Waals surface area contributed by atoms with Crippen LogP contribution in [0.5, 0.6) is 0 Å². The molecule has 2 bridgehead atoms. The van der Waals surface area contributed by atoms with Crippen LogP contribution in [0.15, 0.2) is 60.7 Å². The van der Waals surface area contributed by atoms with Crippen LogP contribution in [0.2, 0.25) is 0 Å². The Morgan fingerprint density at radius 2 is 1.50 bits per heavy atom. The number of rotatable bonds is 1. The zero-order chi connectivity index (χ0) is 14.5. The molecule has 3 aromatic carbocycles. The number of hydrogen-bond acceptors (Lipinski definition) is 1. The lowest BCUT2D eigenvalue weighted by molar-refractivity contribution is 0.0672. The van der Waals surface area contributed by atoms with Gasteiger partial charge in [-0.15, -0.1) is 0 Å². The summed E-state index contributed by atoms with van der Waals surface area (Å²) in [7, 11) is 0. The molecule has 0 N–H and O–H groups in total. The van der Waals surface area contributed by atoms with Crippen molar-refractivity contribution in [3.8, 4) is 0 Å². The van der Waals surface area contributed by atoms with Crippen molar-refractivity contribution in [2.45, 2.75) is 31.5 Å². The Kier molecular flexibility index (Phi) is 2.65. The Morgan fingerprint density at radius 1 is 0.818 bits per heavy atom. The zero-order valence-electron chi connectivity index (χ0n) is 12.5. The Hall–Kier alpha value is -2.12. The Bertz CT molecular complexity index is 852. The van der Waals surface area contributed by atoms with Gasteiger partial charge in [-0.1, -0.05) is 54.6 Å². The van der Waals surface area contributed by atoms with E-state index < -0.39 is 0 Å². The molecule has 0 amide bonds. The van der Waals surface area contributed by atoms with Crippen LogP contribution >= 0.6 is 0 Å². The summed E-state index contributed by atoms with van der Waals surface area (Å²) in [5, 5.41) is 5.40. The summed E-state index contributed by atoms with van der Waals surface area (Å²) in [6.07, 6.45) is 6.55.